The van der Waals surface area contributed by atoms with Crippen LogP contribution in [0.2, 0.25) is 0 Å². The van der Waals surface area contributed by atoms with Crippen molar-refractivity contribution in [2.45, 2.75) is 25.9 Å². The van der Waals surface area contributed by atoms with Crippen LogP contribution in [0.1, 0.15) is 19.8 Å². The molecule has 1 atom stereocenters. The molecule has 24 heavy (non-hydrogen) atoms. The first-order chi connectivity index (χ1) is 11.5. The van der Waals surface area contributed by atoms with Gasteiger partial charge in [-0.2, -0.15) is 9.29 Å². The van der Waals surface area contributed by atoms with E-state index in [-0.39, 0.29) is 11.9 Å². The largest absolute Gasteiger partial charge is 0.391 e. The maximum absolute atomic E-state index is 11.9. The van der Waals surface area contributed by atoms with Crippen LogP contribution in [0.25, 0.3) is 0 Å². The van der Waals surface area contributed by atoms with E-state index < -0.39 is 10.0 Å². The van der Waals surface area contributed by atoms with Gasteiger partial charge in [-0.3, -0.25) is 0 Å². The van der Waals surface area contributed by atoms with E-state index in [0.717, 1.165) is 25.2 Å². The standard InChI is InChI=1S/C15H25N5O3S/c1-2-24(22,23)20-10-8-18(9-11-20)15-16-6-5-14(17-15)19-7-3-4-13(21)12-19/h5-6,13,21H,2-4,7-12H2,1H3/t13-/m0/s1. The Kier molecular flexibility index (Phi) is 5.21. The van der Waals surface area contributed by atoms with Gasteiger partial charge in [0.2, 0.25) is 16.0 Å². The normalized spacial score (nSPS) is 23.5. The summed E-state index contributed by atoms with van der Waals surface area (Å²) in [6.45, 7) is 5.26. The lowest BCUT2D eigenvalue weighted by molar-refractivity contribution is 0.154. The summed E-state index contributed by atoms with van der Waals surface area (Å²) in [6.07, 6.45) is 3.21. The predicted molar refractivity (Wildman–Crippen MR) is 92.7 cm³/mol. The van der Waals surface area contributed by atoms with Crippen LogP contribution in [0, 0.1) is 0 Å². The van der Waals surface area contributed by atoms with Crippen LogP contribution in [0.5, 0.6) is 0 Å². The van der Waals surface area contributed by atoms with E-state index in [1.54, 1.807) is 13.1 Å². The number of piperidine rings is 1. The van der Waals surface area contributed by atoms with Gasteiger partial charge >= 0.3 is 0 Å². The number of rotatable bonds is 4. The Morgan fingerprint density at radius 3 is 2.62 bits per heavy atom. The Morgan fingerprint density at radius 1 is 1.21 bits per heavy atom. The number of anilines is 2. The van der Waals surface area contributed by atoms with Gasteiger partial charge in [-0.05, 0) is 25.8 Å². The molecule has 0 radical (unpaired) electrons. The third kappa shape index (κ3) is 3.79. The molecule has 1 N–H and O–H groups in total. The third-order valence-electron chi connectivity index (χ3n) is 4.63. The first-order valence-corrected chi connectivity index (χ1v) is 10.1. The van der Waals surface area contributed by atoms with E-state index in [0.29, 0.717) is 38.7 Å². The summed E-state index contributed by atoms with van der Waals surface area (Å²) in [5.41, 5.74) is 0. The molecule has 0 aromatic carbocycles. The number of aliphatic hydroxyl groups is 1. The fourth-order valence-corrected chi connectivity index (χ4v) is 4.26. The van der Waals surface area contributed by atoms with Gasteiger partial charge in [0.05, 0.1) is 11.9 Å². The monoisotopic (exact) mass is 355 g/mol. The topological polar surface area (TPSA) is 89.9 Å². The molecule has 3 rings (SSSR count). The third-order valence-corrected chi connectivity index (χ3v) is 6.51. The van der Waals surface area contributed by atoms with Crippen molar-refractivity contribution in [1.82, 2.24) is 14.3 Å². The van der Waals surface area contributed by atoms with Crippen LogP contribution < -0.4 is 9.80 Å². The average Bonchev–Trinajstić information content (AvgIpc) is 2.62. The fourth-order valence-electron chi connectivity index (χ4n) is 3.18. The molecule has 8 nitrogen and oxygen atoms in total. The van der Waals surface area contributed by atoms with Crippen LogP contribution in [-0.4, -0.2) is 78.9 Å². The van der Waals surface area contributed by atoms with Crippen molar-refractivity contribution >= 4 is 21.8 Å². The summed E-state index contributed by atoms with van der Waals surface area (Å²) < 4.78 is 25.4. The smallest absolute Gasteiger partial charge is 0.227 e. The minimum atomic E-state index is -3.13. The van der Waals surface area contributed by atoms with E-state index in [2.05, 4.69) is 14.9 Å². The van der Waals surface area contributed by atoms with Crippen LogP contribution in [-0.2, 0) is 10.0 Å². The van der Waals surface area contributed by atoms with Gasteiger partial charge in [-0.1, -0.05) is 0 Å². The Morgan fingerprint density at radius 2 is 1.96 bits per heavy atom. The van der Waals surface area contributed by atoms with E-state index in [1.165, 1.54) is 4.31 Å². The maximum atomic E-state index is 11.9. The van der Waals surface area contributed by atoms with Gasteiger partial charge in [-0.25, -0.2) is 13.4 Å². The zero-order valence-electron chi connectivity index (χ0n) is 14.0. The molecule has 0 amide bonds. The van der Waals surface area contributed by atoms with Crippen molar-refractivity contribution in [2.24, 2.45) is 0 Å². The van der Waals surface area contributed by atoms with Crippen molar-refractivity contribution in [3.63, 3.8) is 0 Å². The number of hydrogen-bond donors (Lipinski definition) is 1. The zero-order valence-corrected chi connectivity index (χ0v) is 14.8. The Labute approximate surface area is 143 Å². The molecule has 0 bridgehead atoms. The fraction of sp³-hybridized carbons (Fsp3) is 0.733. The van der Waals surface area contributed by atoms with Crippen LogP contribution >= 0.6 is 0 Å². The molecule has 9 heteroatoms. The minimum Gasteiger partial charge on any atom is -0.391 e. The molecule has 2 fully saturated rings. The highest BCUT2D eigenvalue weighted by Crippen LogP contribution is 2.21. The van der Waals surface area contributed by atoms with E-state index >= 15 is 0 Å². The molecule has 2 saturated heterocycles. The van der Waals surface area contributed by atoms with Crippen LogP contribution in [0.3, 0.4) is 0 Å². The number of sulfonamides is 1. The van der Waals surface area contributed by atoms with Crippen LogP contribution in [0.4, 0.5) is 11.8 Å². The second kappa shape index (κ2) is 7.20. The number of β-amino-alcohol motifs (C(OH)–C–C–N with tert-alkyl or cyclic N) is 1. The molecule has 1 aromatic rings. The lowest BCUT2D eigenvalue weighted by Gasteiger charge is -2.35. The summed E-state index contributed by atoms with van der Waals surface area (Å²) in [5.74, 6) is 1.58. The van der Waals surface area contributed by atoms with Crippen molar-refractivity contribution in [3.05, 3.63) is 12.3 Å². The molecule has 2 aliphatic heterocycles. The minimum absolute atomic E-state index is 0.135. The Hall–Kier alpha value is -1.45. The predicted octanol–water partition coefficient (Wildman–Crippen LogP) is -0.0906. The number of aromatic nitrogens is 2. The number of hydrogen-bond acceptors (Lipinski definition) is 7. The first kappa shape index (κ1) is 17.4. The number of piperazine rings is 1. The average molecular weight is 355 g/mol. The highest BCUT2D eigenvalue weighted by atomic mass is 32.2. The zero-order chi connectivity index (χ0) is 17.2. The van der Waals surface area contributed by atoms with Gasteiger partial charge in [-0.15, -0.1) is 0 Å². The van der Waals surface area contributed by atoms with Crippen molar-refractivity contribution in [2.75, 3.05) is 54.8 Å². The molecule has 0 unspecified atom stereocenters. The van der Waals surface area contributed by atoms with Gasteiger partial charge in [0.1, 0.15) is 5.82 Å². The summed E-state index contributed by atoms with van der Waals surface area (Å²) in [6, 6.07) is 1.86. The van der Waals surface area contributed by atoms with Crippen molar-refractivity contribution in [3.8, 4) is 0 Å². The number of aliphatic hydroxyl groups excluding tert-OH is 1. The van der Waals surface area contributed by atoms with Crippen molar-refractivity contribution in [1.29, 1.82) is 0 Å². The summed E-state index contributed by atoms with van der Waals surface area (Å²) >= 11 is 0. The summed E-state index contributed by atoms with van der Waals surface area (Å²) in [5, 5.41) is 9.83. The van der Waals surface area contributed by atoms with E-state index in [1.807, 2.05) is 11.0 Å². The molecular weight excluding hydrogens is 330 g/mol. The van der Waals surface area contributed by atoms with E-state index in [4.69, 9.17) is 0 Å². The Bertz CT molecular complexity index is 661. The lowest BCUT2D eigenvalue weighted by Crippen LogP contribution is -2.49. The highest BCUT2D eigenvalue weighted by Gasteiger charge is 2.27. The van der Waals surface area contributed by atoms with Gasteiger partial charge in [0.15, 0.2) is 0 Å². The first-order valence-electron chi connectivity index (χ1n) is 8.48. The van der Waals surface area contributed by atoms with Crippen molar-refractivity contribution < 1.29 is 13.5 Å². The molecule has 134 valence electrons. The molecule has 2 aliphatic rings. The quantitative estimate of drug-likeness (QED) is 0.807. The number of nitrogens with zero attached hydrogens (tertiary/aromatic N) is 5. The lowest BCUT2D eigenvalue weighted by atomic mass is 10.1. The molecule has 0 saturated carbocycles. The SMILES string of the molecule is CCS(=O)(=O)N1CCN(c2nccc(N3CCC[C@H](O)C3)n2)CC1. The van der Waals surface area contributed by atoms with E-state index in [9.17, 15) is 13.5 Å². The van der Waals surface area contributed by atoms with Crippen LogP contribution in [0.15, 0.2) is 12.3 Å². The molecular formula is C15H25N5O3S. The summed E-state index contributed by atoms with van der Waals surface area (Å²) in [7, 11) is -3.13. The van der Waals surface area contributed by atoms with Gasteiger partial charge in [0.25, 0.3) is 0 Å². The van der Waals surface area contributed by atoms with Gasteiger partial charge < -0.3 is 14.9 Å². The molecule has 0 spiro atoms. The van der Waals surface area contributed by atoms with Gasteiger partial charge in [0, 0.05) is 45.5 Å². The molecule has 3 heterocycles. The molecule has 1 aromatic heterocycles. The second-order valence-electron chi connectivity index (χ2n) is 6.24. The Balaban J connectivity index is 1.67. The second-order valence-corrected chi connectivity index (χ2v) is 8.50. The summed E-state index contributed by atoms with van der Waals surface area (Å²) in [4.78, 5) is 13.1. The maximum Gasteiger partial charge on any atom is 0.227 e. The molecule has 0 aliphatic carbocycles. The highest BCUT2D eigenvalue weighted by molar-refractivity contribution is 7.89.